The van der Waals surface area contributed by atoms with E-state index >= 15 is 0 Å². The van der Waals surface area contributed by atoms with Gasteiger partial charge in [-0.05, 0) is 47.5 Å². The van der Waals surface area contributed by atoms with Crippen LogP contribution in [-0.2, 0) is 24.3 Å². The first-order valence-electron chi connectivity index (χ1n) is 11.3. The Balaban J connectivity index is 1.19. The number of fused-ring (bicyclic) bond motifs is 2. The van der Waals surface area contributed by atoms with Gasteiger partial charge in [-0.25, -0.2) is 4.98 Å². The monoisotopic (exact) mass is 483 g/mol. The molecule has 2 amide bonds. The van der Waals surface area contributed by atoms with E-state index in [1.165, 1.54) is 6.26 Å². The minimum absolute atomic E-state index is 0.213. The van der Waals surface area contributed by atoms with Gasteiger partial charge in [0, 0.05) is 13.0 Å². The normalized spacial score (nSPS) is 15.2. The van der Waals surface area contributed by atoms with Gasteiger partial charge < -0.3 is 19.1 Å². The van der Waals surface area contributed by atoms with Crippen molar-refractivity contribution in [3.63, 3.8) is 0 Å². The van der Waals surface area contributed by atoms with Gasteiger partial charge in [-0.2, -0.15) is 0 Å². The number of rotatable bonds is 5. The first-order valence-corrected chi connectivity index (χ1v) is 12.1. The molecule has 1 aliphatic rings. The third-order valence-corrected chi connectivity index (χ3v) is 7.20. The number of hydrogen-bond acceptors (Lipinski definition) is 6. The molecule has 1 atom stereocenters. The first kappa shape index (κ1) is 21.4. The molecule has 6 rings (SSSR count). The maximum absolute atomic E-state index is 13.3. The lowest BCUT2D eigenvalue weighted by molar-refractivity contribution is -0.126. The van der Waals surface area contributed by atoms with E-state index in [0.717, 1.165) is 26.4 Å². The first-order chi connectivity index (χ1) is 17.2. The number of aromatic nitrogens is 1. The zero-order valence-corrected chi connectivity index (χ0v) is 19.5. The molecular formula is C27H21N3O4S. The van der Waals surface area contributed by atoms with Crippen LogP contribution in [0.2, 0.25) is 0 Å². The van der Waals surface area contributed by atoms with Crippen molar-refractivity contribution in [2.45, 2.75) is 25.6 Å². The lowest BCUT2D eigenvalue weighted by Gasteiger charge is -2.35. The van der Waals surface area contributed by atoms with Gasteiger partial charge in [0.05, 0.1) is 23.0 Å². The molecule has 8 heteroatoms. The number of nitrogens with zero attached hydrogens (tertiary/aromatic N) is 2. The van der Waals surface area contributed by atoms with Crippen molar-refractivity contribution < 1.29 is 18.4 Å². The Labute approximate surface area is 205 Å². The van der Waals surface area contributed by atoms with Gasteiger partial charge in [0.15, 0.2) is 16.5 Å². The second-order valence-electron chi connectivity index (χ2n) is 8.37. The molecule has 174 valence electrons. The van der Waals surface area contributed by atoms with Crippen molar-refractivity contribution >= 4 is 33.4 Å². The van der Waals surface area contributed by atoms with Crippen molar-refractivity contribution in [2.75, 3.05) is 0 Å². The van der Waals surface area contributed by atoms with E-state index in [4.69, 9.17) is 8.83 Å². The Morgan fingerprint density at radius 3 is 2.66 bits per heavy atom. The van der Waals surface area contributed by atoms with E-state index in [2.05, 4.69) is 10.3 Å². The van der Waals surface area contributed by atoms with Gasteiger partial charge >= 0.3 is 0 Å². The van der Waals surface area contributed by atoms with Crippen molar-refractivity contribution in [1.29, 1.82) is 0 Å². The fraction of sp³-hybridized carbons (Fsp3) is 0.148. The lowest BCUT2D eigenvalue weighted by atomic mass is 9.93. The molecule has 35 heavy (non-hydrogen) atoms. The molecule has 1 aliphatic heterocycles. The molecule has 0 fully saturated rings. The summed E-state index contributed by atoms with van der Waals surface area (Å²) in [4.78, 5) is 32.6. The van der Waals surface area contributed by atoms with Crippen LogP contribution >= 0.6 is 11.3 Å². The Bertz CT molecular complexity index is 1490. The van der Waals surface area contributed by atoms with Gasteiger partial charge in [-0.3, -0.25) is 9.59 Å². The largest absolute Gasteiger partial charge is 0.459 e. The number of nitrogens with one attached hydrogen (secondary N) is 1. The fourth-order valence-corrected chi connectivity index (χ4v) is 5.30. The van der Waals surface area contributed by atoms with E-state index < -0.39 is 6.04 Å². The van der Waals surface area contributed by atoms with Crippen LogP contribution in [0.15, 0.2) is 87.9 Å². The highest BCUT2D eigenvalue weighted by molar-refractivity contribution is 7.21. The summed E-state index contributed by atoms with van der Waals surface area (Å²) in [5, 5.41) is 3.74. The molecule has 5 aromatic rings. The topological polar surface area (TPSA) is 88.6 Å². The van der Waals surface area contributed by atoms with Crippen molar-refractivity contribution in [1.82, 2.24) is 15.2 Å². The van der Waals surface area contributed by atoms with Gasteiger partial charge in [0.1, 0.15) is 11.8 Å². The summed E-state index contributed by atoms with van der Waals surface area (Å²) in [5.41, 5.74) is 3.02. The molecule has 1 unspecified atom stereocenters. The molecule has 0 saturated heterocycles. The number of benzene rings is 2. The van der Waals surface area contributed by atoms with Gasteiger partial charge in [0.2, 0.25) is 5.91 Å². The van der Waals surface area contributed by atoms with Crippen LogP contribution in [0.25, 0.3) is 21.0 Å². The molecule has 7 nitrogen and oxygen atoms in total. The standard InChI is InChI=1S/C27H21N3O4S/c31-25(28-15-19-11-12-22(34-19)26-29-20-8-3-4-10-24(20)35-26)21-14-17-6-1-2-7-18(17)16-30(21)27(32)23-9-5-13-33-23/h1-13,21H,14-16H2,(H,28,31). The maximum Gasteiger partial charge on any atom is 0.290 e. The third kappa shape index (κ3) is 4.13. The number of carbonyl (C=O) groups excluding carboxylic acids is 2. The summed E-state index contributed by atoms with van der Waals surface area (Å²) >= 11 is 1.56. The highest BCUT2D eigenvalue weighted by Gasteiger charge is 2.35. The number of furan rings is 2. The summed E-state index contributed by atoms with van der Waals surface area (Å²) in [6, 6.07) is 22.1. The van der Waals surface area contributed by atoms with Crippen LogP contribution in [0.4, 0.5) is 0 Å². The predicted octanol–water partition coefficient (Wildman–Crippen LogP) is 5.03. The van der Waals surface area contributed by atoms with Crippen LogP contribution in [0.3, 0.4) is 0 Å². The SMILES string of the molecule is O=C(NCc1ccc(-c2nc3ccccc3s2)o1)C1Cc2ccccc2CN1C(=O)c1ccco1. The highest BCUT2D eigenvalue weighted by atomic mass is 32.1. The lowest BCUT2D eigenvalue weighted by Crippen LogP contribution is -2.52. The van der Waals surface area contributed by atoms with Gasteiger partial charge in [0.25, 0.3) is 5.91 Å². The van der Waals surface area contributed by atoms with Gasteiger partial charge in [-0.15, -0.1) is 11.3 Å². The molecule has 0 bridgehead atoms. The number of carbonyl (C=O) groups is 2. The molecule has 1 N–H and O–H groups in total. The van der Waals surface area contributed by atoms with Crippen LogP contribution in [-0.4, -0.2) is 27.7 Å². The number of thiazole rings is 1. The molecule has 3 aromatic heterocycles. The molecular weight excluding hydrogens is 462 g/mol. The average molecular weight is 484 g/mol. The molecule has 4 heterocycles. The third-order valence-electron chi connectivity index (χ3n) is 6.15. The van der Waals surface area contributed by atoms with Crippen LogP contribution < -0.4 is 5.32 Å². The molecule has 0 radical (unpaired) electrons. The van der Waals surface area contributed by atoms with E-state index in [0.29, 0.717) is 24.5 Å². The minimum Gasteiger partial charge on any atom is -0.459 e. The maximum atomic E-state index is 13.3. The second-order valence-corrected chi connectivity index (χ2v) is 9.40. The number of amides is 2. The van der Waals surface area contributed by atoms with E-state index in [1.54, 1.807) is 28.4 Å². The average Bonchev–Trinajstić information content (AvgIpc) is 3.66. The number of hydrogen-bond donors (Lipinski definition) is 1. The molecule has 0 saturated carbocycles. The smallest absolute Gasteiger partial charge is 0.290 e. The second kappa shape index (κ2) is 8.88. The van der Waals surface area contributed by atoms with Crippen molar-refractivity contribution in [3.05, 3.63) is 102 Å². The zero-order valence-electron chi connectivity index (χ0n) is 18.6. The summed E-state index contributed by atoms with van der Waals surface area (Å²) in [6.45, 7) is 0.557. The zero-order chi connectivity index (χ0) is 23.8. The van der Waals surface area contributed by atoms with E-state index in [1.807, 2.05) is 60.7 Å². The summed E-state index contributed by atoms with van der Waals surface area (Å²) in [7, 11) is 0. The molecule has 0 aliphatic carbocycles. The summed E-state index contributed by atoms with van der Waals surface area (Å²) in [5.74, 6) is 0.955. The van der Waals surface area contributed by atoms with Crippen molar-refractivity contribution in [3.8, 4) is 10.8 Å². The van der Waals surface area contributed by atoms with Gasteiger partial charge in [-0.1, -0.05) is 36.4 Å². The Hall–Kier alpha value is -4.17. The van der Waals surface area contributed by atoms with E-state index in [-0.39, 0.29) is 24.1 Å². The van der Waals surface area contributed by atoms with Crippen LogP contribution in [0, 0.1) is 0 Å². The Kier molecular flexibility index (Phi) is 5.42. The van der Waals surface area contributed by atoms with E-state index in [9.17, 15) is 9.59 Å². The van der Waals surface area contributed by atoms with Crippen LogP contribution in [0.1, 0.15) is 27.4 Å². The molecule has 2 aromatic carbocycles. The number of para-hydroxylation sites is 1. The fourth-order valence-electron chi connectivity index (χ4n) is 4.37. The summed E-state index contributed by atoms with van der Waals surface area (Å²) in [6.07, 6.45) is 1.89. The quantitative estimate of drug-likeness (QED) is 0.379. The highest BCUT2D eigenvalue weighted by Crippen LogP contribution is 2.31. The summed E-state index contributed by atoms with van der Waals surface area (Å²) < 4.78 is 12.4. The minimum atomic E-state index is -0.652. The van der Waals surface area contributed by atoms with Crippen molar-refractivity contribution in [2.24, 2.45) is 0 Å². The Morgan fingerprint density at radius 1 is 1.00 bits per heavy atom. The predicted molar refractivity (Wildman–Crippen MR) is 132 cm³/mol. The molecule has 0 spiro atoms. The Morgan fingerprint density at radius 2 is 1.83 bits per heavy atom. The van der Waals surface area contributed by atoms with Crippen LogP contribution in [0.5, 0.6) is 0 Å².